The van der Waals surface area contributed by atoms with Crippen LogP contribution in [0.3, 0.4) is 0 Å². The molecule has 3 N–H and O–H groups in total. The third-order valence-corrected chi connectivity index (χ3v) is 5.73. The van der Waals surface area contributed by atoms with E-state index in [1.165, 1.54) is 24.9 Å². The first kappa shape index (κ1) is 21.8. The van der Waals surface area contributed by atoms with Gasteiger partial charge in [0, 0.05) is 17.8 Å². The number of benzene rings is 1. The van der Waals surface area contributed by atoms with E-state index in [2.05, 4.69) is 20.9 Å². The Bertz CT molecular complexity index is 893. The molecular weight excluding hydrogens is 404 g/mol. The number of hydrogen-bond acceptors (Lipinski definition) is 6. The molecule has 1 aliphatic carbocycles. The van der Waals surface area contributed by atoms with E-state index in [-0.39, 0.29) is 24.4 Å². The van der Waals surface area contributed by atoms with Crippen LogP contribution in [-0.2, 0) is 16.0 Å². The van der Waals surface area contributed by atoms with Crippen LogP contribution in [0, 0.1) is 0 Å². The van der Waals surface area contributed by atoms with Crippen molar-refractivity contribution in [3.8, 4) is 0 Å². The molecule has 1 aromatic carbocycles. The number of esters is 1. The highest BCUT2D eigenvalue weighted by Crippen LogP contribution is 2.20. The van der Waals surface area contributed by atoms with Crippen molar-refractivity contribution in [2.24, 2.45) is 0 Å². The van der Waals surface area contributed by atoms with E-state index >= 15 is 0 Å². The number of carbonyl (C=O) groups is 3. The Labute approximate surface area is 179 Å². The zero-order chi connectivity index (χ0) is 21.3. The minimum absolute atomic E-state index is 0.201. The zero-order valence-electron chi connectivity index (χ0n) is 16.9. The highest BCUT2D eigenvalue weighted by Gasteiger charge is 2.17. The van der Waals surface area contributed by atoms with E-state index in [1.54, 1.807) is 24.3 Å². The summed E-state index contributed by atoms with van der Waals surface area (Å²) in [4.78, 5) is 40.6. The summed E-state index contributed by atoms with van der Waals surface area (Å²) in [5.41, 5.74) is 1.44. The van der Waals surface area contributed by atoms with E-state index in [9.17, 15) is 14.4 Å². The molecule has 0 atom stereocenters. The van der Waals surface area contributed by atoms with Crippen molar-refractivity contribution in [1.29, 1.82) is 0 Å². The minimum Gasteiger partial charge on any atom is -0.465 e. The van der Waals surface area contributed by atoms with E-state index < -0.39 is 5.97 Å². The van der Waals surface area contributed by atoms with Gasteiger partial charge in [0.25, 0.3) is 0 Å². The standard InChI is InChI=1S/C21H26N4O4S/c1-29-19(27)16-9-5-6-10-17(16)24-18(26)12-11-15-13-30-21(23-15)25-20(28)22-14-7-3-2-4-8-14/h5-6,9-10,13-14H,2-4,7-8,11-12H2,1H3,(H,24,26)(H2,22,23,25,28). The number of para-hydroxylation sites is 1. The normalized spacial score (nSPS) is 14.0. The molecule has 3 rings (SSSR count). The SMILES string of the molecule is COC(=O)c1ccccc1NC(=O)CCc1csc(NC(=O)NC2CCCCC2)n1. The molecule has 2 aromatic rings. The number of carbonyl (C=O) groups excluding carboxylic acids is 3. The molecule has 3 amide bonds. The van der Waals surface area contributed by atoms with Gasteiger partial charge in [0.15, 0.2) is 5.13 Å². The van der Waals surface area contributed by atoms with Crippen LogP contribution in [0.4, 0.5) is 15.6 Å². The first-order chi connectivity index (χ1) is 14.5. The molecule has 0 saturated heterocycles. The Hall–Kier alpha value is -2.94. The molecule has 1 saturated carbocycles. The summed E-state index contributed by atoms with van der Waals surface area (Å²) >= 11 is 1.33. The molecule has 0 aliphatic heterocycles. The van der Waals surface area contributed by atoms with E-state index in [4.69, 9.17) is 4.74 Å². The molecule has 1 heterocycles. The van der Waals surface area contributed by atoms with Crippen molar-refractivity contribution in [2.45, 2.75) is 51.0 Å². The number of amides is 3. The number of aromatic nitrogens is 1. The molecule has 160 valence electrons. The first-order valence-corrected chi connectivity index (χ1v) is 10.9. The second-order valence-corrected chi connectivity index (χ2v) is 8.02. The van der Waals surface area contributed by atoms with Crippen molar-refractivity contribution in [2.75, 3.05) is 17.7 Å². The van der Waals surface area contributed by atoms with Crippen LogP contribution in [-0.4, -0.2) is 36.0 Å². The molecule has 8 nitrogen and oxygen atoms in total. The lowest BCUT2D eigenvalue weighted by Crippen LogP contribution is -2.38. The number of aryl methyl sites for hydroxylation is 1. The third kappa shape index (κ3) is 6.28. The highest BCUT2D eigenvalue weighted by atomic mass is 32.1. The first-order valence-electron chi connectivity index (χ1n) is 10.0. The highest BCUT2D eigenvalue weighted by molar-refractivity contribution is 7.13. The van der Waals surface area contributed by atoms with Gasteiger partial charge in [-0.05, 0) is 31.4 Å². The van der Waals surface area contributed by atoms with Gasteiger partial charge in [-0.3, -0.25) is 10.1 Å². The summed E-state index contributed by atoms with van der Waals surface area (Å²) in [6, 6.07) is 6.68. The Kier molecular flexibility index (Phi) is 7.78. The second-order valence-electron chi connectivity index (χ2n) is 7.16. The third-order valence-electron chi connectivity index (χ3n) is 4.93. The lowest BCUT2D eigenvalue weighted by molar-refractivity contribution is -0.116. The van der Waals surface area contributed by atoms with Gasteiger partial charge in [-0.1, -0.05) is 31.4 Å². The quantitative estimate of drug-likeness (QED) is 0.576. The van der Waals surface area contributed by atoms with Crippen LogP contribution >= 0.6 is 11.3 Å². The number of ether oxygens (including phenoxy) is 1. The maximum atomic E-state index is 12.3. The van der Waals surface area contributed by atoms with Crippen LogP contribution in [0.15, 0.2) is 29.6 Å². The molecule has 1 aliphatic rings. The van der Waals surface area contributed by atoms with Crippen LogP contribution < -0.4 is 16.0 Å². The lowest BCUT2D eigenvalue weighted by Gasteiger charge is -2.22. The van der Waals surface area contributed by atoms with Gasteiger partial charge < -0.3 is 15.4 Å². The predicted molar refractivity (Wildman–Crippen MR) is 116 cm³/mol. The topological polar surface area (TPSA) is 109 Å². The Balaban J connectivity index is 1.46. The van der Waals surface area contributed by atoms with Crippen molar-refractivity contribution < 1.29 is 19.1 Å². The van der Waals surface area contributed by atoms with Crippen LogP contribution in [0.5, 0.6) is 0 Å². The van der Waals surface area contributed by atoms with Gasteiger partial charge >= 0.3 is 12.0 Å². The van der Waals surface area contributed by atoms with Gasteiger partial charge in [-0.25, -0.2) is 14.6 Å². The van der Waals surface area contributed by atoms with Gasteiger partial charge in [-0.15, -0.1) is 11.3 Å². The van der Waals surface area contributed by atoms with Gasteiger partial charge in [0.05, 0.1) is 24.1 Å². The Morgan fingerprint density at radius 3 is 2.67 bits per heavy atom. The van der Waals surface area contributed by atoms with Crippen LogP contribution in [0.2, 0.25) is 0 Å². The number of rotatable bonds is 7. The number of urea groups is 1. The fraction of sp³-hybridized carbons (Fsp3) is 0.429. The summed E-state index contributed by atoms with van der Waals surface area (Å²) in [5, 5.41) is 10.8. The van der Waals surface area contributed by atoms with Crippen molar-refractivity contribution in [3.63, 3.8) is 0 Å². The Morgan fingerprint density at radius 1 is 1.13 bits per heavy atom. The summed E-state index contributed by atoms with van der Waals surface area (Å²) in [6.07, 6.45) is 6.20. The monoisotopic (exact) mass is 430 g/mol. The maximum Gasteiger partial charge on any atom is 0.339 e. The molecule has 0 radical (unpaired) electrons. The van der Waals surface area contributed by atoms with Gasteiger partial charge in [0.2, 0.25) is 5.91 Å². The van der Waals surface area contributed by atoms with Crippen molar-refractivity contribution >= 4 is 40.1 Å². The number of thiazole rings is 1. The van der Waals surface area contributed by atoms with Crippen molar-refractivity contribution in [3.05, 3.63) is 40.9 Å². The summed E-state index contributed by atoms with van der Waals surface area (Å²) in [6.45, 7) is 0. The molecular formula is C21H26N4O4S. The summed E-state index contributed by atoms with van der Waals surface area (Å²) < 4.78 is 4.73. The molecule has 0 spiro atoms. The minimum atomic E-state index is -0.507. The molecule has 1 aromatic heterocycles. The van der Waals surface area contributed by atoms with Gasteiger partial charge in [-0.2, -0.15) is 0 Å². The average molecular weight is 431 g/mol. The maximum absolute atomic E-state index is 12.3. The van der Waals surface area contributed by atoms with E-state index in [0.29, 0.717) is 22.8 Å². The van der Waals surface area contributed by atoms with Crippen molar-refractivity contribution in [1.82, 2.24) is 10.3 Å². The smallest absolute Gasteiger partial charge is 0.339 e. The fourth-order valence-corrected chi connectivity index (χ4v) is 4.12. The number of nitrogens with one attached hydrogen (secondary N) is 3. The lowest BCUT2D eigenvalue weighted by atomic mass is 9.96. The number of nitrogens with zero attached hydrogens (tertiary/aromatic N) is 1. The number of methoxy groups -OCH3 is 1. The molecule has 0 unspecified atom stereocenters. The fourth-order valence-electron chi connectivity index (χ4n) is 3.38. The summed E-state index contributed by atoms with van der Waals surface area (Å²) in [5.74, 6) is -0.739. The predicted octanol–water partition coefficient (Wildman–Crippen LogP) is 3.96. The second kappa shape index (κ2) is 10.7. The van der Waals surface area contributed by atoms with E-state index in [1.807, 2.05) is 5.38 Å². The average Bonchev–Trinajstić information content (AvgIpc) is 3.20. The van der Waals surface area contributed by atoms with Crippen LogP contribution in [0.25, 0.3) is 0 Å². The zero-order valence-corrected chi connectivity index (χ0v) is 17.7. The van der Waals surface area contributed by atoms with Crippen LogP contribution in [0.1, 0.15) is 54.6 Å². The number of hydrogen-bond donors (Lipinski definition) is 3. The Morgan fingerprint density at radius 2 is 1.90 bits per heavy atom. The van der Waals surface area contributed by atoms with E-state index in [0.717, 1.165) is 31.4 Å². The molecule has 1 fully saturated rings. The number of anilines is 2. The molecule has 9 heteroatoms. The molecule has 30 heavy (non-hydrogen) atoms. The largest absolute Gasteiger partial charge is 0.465 e. The molecule has 0 bridgehead atoms. The summed E-state index contributed by atoms with van der Waals surface area (Å²) in [7, 11) is 1.30. The van der Waals surface area contributed by atoms with Gasteiger partial charge in [0.1, 0.15) is 0 Å².